The molecule has 8 aromatic carbocycles. The van der Waals surface area contributed by atoms with Gasteiger partial charge in [0.1, 0.15) is 0 Å². The molecule has 0 spiro atoms. The second kappa shape index (κ2) is 13.4. The van der Waals surface area contributed by atoms with Gasteiger partial charge in [0, 0.05) is 22.1 Å². The number of benzene rings is 8. The lowest BCUT2D eigenvalue weighted by atomic mass is 10.0. The van der Waals surface area contributed by atoms with Crippen LogP contribution in [0, 0.1) is 0 Å². The van der Waals surface area contributed by atoms with E-state index in [0.29, 0.717) is 5.02 Å². The fourth-order valence-corrected chi connectivity index (χ4v) is 9.06. The summed E-state index contributed by atoms with van der Waals surface area (Å²) in [5, 5.41) is 5.34. The normalized spacial score (nSPS) is 11.8. The largest absolute Gasteiger partial charge is 0.308 e. The molecule has 0 N–H and O–H groups in total. The quantitative estimate of drug-likeness (QED) is 0.157. The highest BCUT2D eigenvalue weighted by Crippen LogP contribution is 2.60. The van der Waals surface area contributed by atoms with Crippen LogP contribution >= 0.6 is 21.6 Å². The molecular formula is C46H37ClN2S. The summed E-state index contributed by atoms with van der Waals surface area (Å²) >= 11 is 7.89. The SMILES string of the molecule is CS(C)(c1ccccc1)c1cc(N(c2ccccc2)c2cccc3ccccc23)c(Cl)c(N(c2ccccc2)c2cccc3ccccc23)c1. The first-order valence-corrected chi connectivity index (χ1v) is 19.6. The summed E-state index contributed by atoms with van der Waals surface area (Å²) in [4.78, 5) is 7.22. The van der Waals surface area contributed by atoms with E-state index >= 15 is 0 Å². The highest BCUT2D eigenvalue weighted by molar-refractivity contribution is 8.32. The van der Waals surface area contributed by atoms with Gasteiger partial charge in [0.2, 0.25) is 0 Å². The van der Waals surface area contributed by atoms with Crippen LogP contribution in [0.4, 0.5) is 34.1 Å². The second-order valence-electron chi connectivity index (χ2n) is 12.8. The monoisotopic (exact) mass is 684 g/mol. The summed E-state index contributed by atoms with van der Waals surface area (Å²) in [6, 6.07) is 66.9. The number of anilines is 6. The number of rotatable bonds is 8. The fourth-order valence-electron chi connectivity index (χ4n) is 6.86. The first-order chi connectivity index (χ1) is 24.5. The van der Waals surface area contributed by atoms with E-state index in [0.717, 1.165) is 44.9 Å². The van der Waals surface area contributed by atoms with Crippen LogP contribution in [0.25, 0.3) is 21.5 Å². The number of nitrogens with zero attached hydrogens (tertiary/aromatic N) is 2. The van der Waals surface area contributed by atoms with Crippen molar-refractivity contribution in [3.05, 3.63) is 193 Å². The Bertz CT molecular complexity index is 2270. The Morgan fingerprint density at radius 1 is 0.380 bits per heavy atom. The van der Waals surface area contributed by atoms with Crippen molar-refractivity contribution in [3.63, 3.8) is 0 Å². The molecule has 0 aliphatic heterocycles. The summed E-state index contributed by atoms with van der Waals surface area (Å²) in [6.45, 7) is 0. The van der Waals surface area contributed by atoms with Crippen LogP contribution in [-0.2, 0) is 0 Å². The molecular weight excluding hydrogens is 648 g/mol. The lowest BCUT2D eigenvalue weighted by molar-refractivity contribution is 1.22. The molecule has 0 radical (unpaired) electrons. The van der Waals surface area contributed by atoms with E-state index < -0.39 is 10.0 Å². The molecule has 0 aliphatic rings. The Morgan fingerprint density at radius 3 is 1.22 bits per heavy atom. The molecule has 50 heavy (non-hydrogen) atoms. The van der Waals surface area contributed by atoms with Crippen molar-refractivity contribution < 1.29 is 0 Å². The standard InChI is InChI=1S/C46H37ClN2S/c1-50(2,38-26-10-5-11-27-38)39-32-44(48(36-22-6-3-7-23-36)42-30-16-20-34-18-12-14-28-40(34)42)46(47)45(33-39)49(37-24-8-4-9-25-37)43-31-17-21-35-19-13-15-29-41(35)43/h3-33H,1-2H3. The predicted octanol–water partition coefficient (Wildman–Crippen LogP) is 14.1. The second-order valence-corrected chi connectivity index (χ2v) is 16.7. The average Bonchev–Trinajstić information content (AvgIpc) is 3.17. The zero-order valence-electron chi connectivity index (χ0n) is 28.1. The molecule has 0 atom stereocenters. The van der Waals surface area contributed by atoms with Gasteiger partial charge in [-0.05, 0) is 93.7 Å². The predicted molar refractivity (Wildman–Crippen MR) is 218 cm³/mol. The van der Waals surface area contributed by atoms with Gasteiger partial charge in [-0.15, -0.1) is 0 Å². The van der Waals surface area contributed by atoms with E-state index in [2.05, 4.69) is 210 Å². The molecule has 8 aromatic rings. The van der Waals surface area contributed by atoms with Crippen molar-refractivity contribution in [1.29, 1.82) is 0 Å². The van der Waals surface area contributed by atoms with Crippen LogP contribution in [0.15, 0.2) is 198 Å². The van der Waals surface area contributed by atoms with E-state index in [-0.39, 0.29) is 0 Å². The third kappa shape index (κ3) is 5.79. The Hall–Kier alpha value is -5.48. The molecule has 244 valence electrons. The number of hydrogen-bond donors (Lipinski definition) is 0. The van der Waals surface area contributed by atoms with Gasteiger partial charge in [-0.3, -0.25) is 0 Å². The molecule has 2 nitrogen and oxygen atoms in total. The Morgan fingerprint density at radius 2 is 0.760 bits per heavy atom. The van der Waals surface area contributed by atoms with E-state index in [9.17, 15) is 0 Å². The molecule has 0 aliphatic carbocycles. The minimum atomic E-state index is -1.49. The summed E-state index contributed by atoms with van der Waals surface area (Å²) in [5.74, 6) is 0. The highest BCUT2D eigenvalue weighted by atomic mass is 35.5. The van der Waals surface area contributed by atoms with Crippen LogP contribution in [0.1, 0.15) is 0 Å². The third-order valence-electron chi connectivity index (χ3n) is 9.46. The minimum Gasteiger partial charge on any atom is -0.308 e. The Kier molecular flexibility index (Phi) is 8.54. The van der Waals surface area contributed by atoms with Crippen LogP contribution in [-0.4, -0.2) is 12.5 Å². The maximum atomic E-state index is 7.89. The van der Waals surface area contributed by atoms with E-state index in [1.54, 1.807) is 0 Å². The van der Waals surface area contributed by atoms with Crippen LogP contribution in [0.5, 0.6) is 0 Å². The summed E-state index contributed by atoms with van der Waals surface area (Å²) in [6.07, 6.45) is 4.77. The van der Waals surface area contributed by atoms with Crippen molar-refractivity contribution in [2.24, 2.45) is 0 Å². The topological polar surface area (TPSA) is 6.48 Å². The van der Waals surface area contributed by atoms with Gasteiger partial charge in [-0.2, -0.15) is 10.0 Å². The number of fused-ring (bicyclic) bond motifs is 2. The average molecular weight is 685 g/mol. The molecule has 0 amide bonds. The number of para-hydroxylation sites is 2. The van der Waals surface area contributed by atoms with E-state index in [1.807, 2.05) is 0 Å². The van der Waals surface area contributed by atoms with Crippen molar-refractivity contribution >= 4 is 77.3 Å². The Balaban J connectivity index is 1.48. The van der Waals surface area contributed by atoms with Crippen molar-refractivity contribution in [2.45, 2.75) is 9.79 Å². The van der Waals surface area contributed by atoms with Gasteiger partial charge >= 0.3 is 0 Å². The third-order valence-corrected chi connectivity index (χ3v) is 12.7. The summed E-state index contributed by atoms with van der Waals surface area (Å²) in [7, 11) is -1.49. The van der Waals surface area contributed by atoms with Crippen LogP contribution in [0.3, 0.4) is 0 Å². The van der Waals surface area contributed by atoms with E-state index in [4.69, 9.17) is 11.6 Å². The number of halogens is 1. The smallest absolute Gasteiger partial charge is 0.0887 e. The van der Waals surface area contributed by atoms with Gasteiger partial charge in [-0.25, -0.2) is 0 Å². The zero-order valence-corrected chi connectivity index (χ0v) is 29.7. The van der Waals surface area contributed by atoms with Crippen LogP contribution < -0.4 is 9.80 Å². The van der Waals surface area contributed by atoms with Crippen molar-refractivity contribution in [3.8, 4) is 0 Å². The minimum absolute atomic E-state index is 0.672. The molecule has 0 saturated heterocycles. The highest BCUT2D eigenvalue weighted by Gasteiger charge is 2.28. The summed E-state index contributed by atoms with van der Waals surface area (Å²) in [5.41, 5.74) is 6.08. The lowest BCUT2D eigenvalue weighted by Gasteiger charge is -2.37. The van der Waals surface area contributed by atoms with Crippen LogP contribution in [0.2, 0.25) is 5.02 Å². The van der Waals surface area contributed by atoms with Gasteiger partial charge < -0.3 is 9.80 Å². The van der Waals surface area contributed by atoms with Gasteiger partial charge in [-0.1, -0.05) is 139 Å². The zero-order chi connectivity index (χ0) is 34.1. The number of hydrogen-bond acceptors (Lipinski definition) is 2. The molecule has 0 unspecified atom stereocenters. The van der Waals surface area contributed by atoms with Gasteiger partial charge in [0.15, 0.2) is 0 Å². The lowest BCUT2D eigenvalue weighted by Crippen LogP contribution is -2.16. The molecule has 0 heterocycles. The molecule has 0 aromatic heterocycles. The Labute approximate surface area is 301 Å². The molecule has 0 fully saturated rings. The van der Waals surface area contributed by atoms with Crippen molar-refractivity contribution in [2.75, 3.05) is 22.3 Å². The molecule has 8 rings (SSSR count). The van der Waals surface area contributed by atoms with Gasteiger partial charge in [0.05, 0.1) is 27.8 Å². The molecule has 4 heteroatoms. The molecule has 0 bridgehead atoms. The maximum Gasteiger partial charge on any atom is 0.0887 e. The maximum absolute atomic E-state index is 7.89. The van der Waals surface area contributed by atoms with Gasteiger partial charge in [0.25, 0.3) is 0 Å². The first-order valence-electron chi connectivity index (χ1n) is 16.8. The fraction of sp³-hybridized carbons (Fsp3) is 0.0435. The van der Waals surface area contributed by atoms with Crippen molar-refractivity contribution in [1.82, 2.24) is 0 Å². The summed E-state index contributed by atoms with van der Waals surface area (Å²) < 4.78 is 0. The molecule has 0 saturated carbocycles. The first kappa shape index (κ1) is 31.8. The van der Waals surface area contributed by atoms with E-state index in [1.165, 1.54) is 20.6 Å².